The number of aliphatic imine (C=N–C) groups is 1. The number of carboxylic acid groups (broad SMARTS) is 1. The van der Waals surface area contributed by atoms with E-state index in [-0.39, 0.29) is 16.3 Å². The summed E-state index contributed by atoms with van der Waals surface area (Å²) in [6, 6.07) is 8.35. The first-order valence-corrected chi connectivity index (χ1v) is 11.5. The van der Waals surface area contributed by atoms with E-state index < -0.39 is 30.5 Å². The number of halogens is 1. The molecule has 0 aromatic heterocycles. The first kappa shape index (κ1) is 26.4. The molecule has 192 valence electrons. The van der Waals surface area contributed by atoms with E-state index in [1.165, 1.54) is 18.2 Å². The van der Waals surface area contributed by atoms with Crippen molar-refractivity contribution in [2.45, 2.75) is 12.5 Å². The van der Waals surface area contributed by atoms with Crippen molar-refractivity contribution in [1.29, 1.82) is 0 Å². The molecular weight excluding hydrogens is 492 g/mol. The molecule has 12 nitrogen and oxygen atoms in total. The number of amides is 3. The molecule has 36 heavy (non-hydrogen) atoms. The van der Waals surface area contributed by atoms with Crippen LogP contribution >= 0.6 is 11.6 Å². The average molecular weight is 519 g/mol. The molecule has 0 aliphatic carbocycles. The predicted octanol–water partition coefficient (Wildman–Crippen LogP) is 1.37. The lowest BCUT2D eigenvalue weighted by molar-refractivity contribution is -0.138. The van der Waals surface area contributed by atoms with Crippen molar-refractivity contribution in [1.82, 2.24) is 21.3 Å². The van der Waals surface area contributed by atoms with E-state index in [4.69, 9.17) is 16.3 Å². The van der Waals surface area contributed by atoms with Crippen LogP contribution in [0.1, 0.15) is 16.8 Å². The van der Waals surface area contributed by atoms with Gasteiger partial charge in [-0.2, -0.15) is 0 Å². The standard InChI is InChI=1S/C23H27ClN6O6/c24-16-4-1-2-5-17(16)29-23(35)30-18(21(33)34)13-28-20(32)15-7-6-14(12-19(15)31)36-11-10-27-22-25-8-3-9-26-22/h1-2,4-7,12,18,31H,3,8-11,13H2,(H,28,32)(H,33,34)(H2,25,26,27)(H2,29,30,35)/t18-/m0/s1. The maximum Gasteiger partial charge on any atom is 0.328 e. The molecule has 0 bridgehead atoms. The SMILES string of the molecule is O=C(Nc1ccccc1Cl)N[C@@H](CNC(=O)c1ccc(OCCNC2=NCCCN2)cc1O)C(=O)O. The van der Waals surface area contributed by atoms with E-state index in [2.05, 4.69) is 31.6 Å². The second kappa shape index (κ2) is 13.0. The smallest absolute Gasteiger partial charge is 0.328 e. The number of anilines is 1. The second-order valence-electron chi connectivity index (χ2n) is 7.64. The number of nitrogens with zero attached hydrogens (tertiary/aromatic N) is 1. The zero-order valence-corrected chi connectivity index (χ0v) is 20.0. The number of nitrogens with one attached hydrogen (secondary N) is 5. The van der Waals surface area contributed by atoms with E-state index in [1.807, 2.05) is 0 Å². The van der Waals surface area contributed by atoms with E-state index >= 15 is 0 Å². The number of phenols is 1. The zero-order chi connectivity index (χ0) is 25.9. The minimum Gasteiger partial charge on any atom is -0.507 e. The first-order chi connectivity index (χ1) is 17.3. The molecule has 7 N–H and O–H groups in total. The lowest BCUT2D eigenvalue weighted by Gasteiger charge is -2.17. The van der Waals surface area contributed by atoms with Crippen LogP contribution in [0.2, 0.25) is 5.02 Å². The van der Waals surface area contributed by atoms with Crippen LogP contribution in [0, 0.1) is 0 Å². The van der Waals surface area contributed by atoms with E-state index in [0.717, 1.165) is 25.5 Å². The highest BCUT2D eigenvalue weighted by Gasteiger charge is 2.22. The van der Waals surface area contributed by atoms with E-state index in [0.29, 0.717) is 24.6 Å². The number of guanidine groups is 1. The fourth-order valence-corrected chi connectivity index (χ4v) is 3.33. The summed E-state index contributed by atoms with van der Waals surface area (Å²) in [5, 5.41) is 33.2. The van der Waals surface area contributed by atoms with Crippen LogP contribution in [0.3, 0.4) is 0 Å². The summed E-state index contributed by atoms with van der Waals surface area (Å²) in [4.78, 5) is 40.5. The highest BCUT2D eigenvalue weighted by atomic mass is 35.5. The number of hydrogen-bond donors (Lipinski definition) is 7. The van der Waals surface area contributed by atoms with Crippen molar-refractivity contribution in [2.24, 2.45) is 4.99 Å². The molecule has 2 aromatic carbocycles. The molecule has 1 aliphatic rings. The van der Waals surface area contributed by atoms with Crippen LogP contribution in [-0.4, -0.2) is 72.9 Å². The number of aliphatic carboxylic acids is 1. The van der Waals surface area contributed by atoms with Crippen molar-refractivity contribution in [3.63, 3.8) is 0 Å². The second-order valence-corrected chi connectivity index (χ2v) is 8.05. The fourth-order valence-electron chi connectivity index (χ4n) is 3.15. The largest absolute Gasteiger partial charge is 0.507 e. The van der Waals surface area contributed by atoms with Gasteiger partial charge in [0.2, 0.25) is 0 Å². The number of rotatable bonds is 10. The number of para-hydroxylation sites is 1. The quantitative estimate of drug-likeness (QED) is 0.231. The Bertz CT molecular complexity index is 1130. The number of benzene rings is 2. The topological polar surface area (TPSA) is 173 Å². The van der Waals surface area contributed by atoms with Crippen LogP contribution in [0.5, 0.6) is 11.5 Å². The van der Waals surface area contributed by atoms with Gasteiger partial charge in [0, 0.05) is 25.7 Å². The molecule has 0 radical (unpaired) electrons. The monoisotopic (exact) mass is 518 g/mol. The predicted molar refractivity (Wildman–Crippen MR) is 134 cm³/mol. The van der Waals surface area contributed by atoms with Crippen LogP contribution in [0.4, 0.5) is 10.5 Å². The number of ether oxygens (including phenoxy) is 1. The van der Waals surface area contributed by atoms with E-state index in [1.54, 1.807) is 24.3 Å². The number of urea groups is 1. The number of aromatic hydroxyl groups is 1. The molecule has 1 atom stereocenters. The van der Waals surface area contributed by atoms with Gasteiger partial charge in [-0.15, -0.1) is 0 Å². The van der Waals surface area contributed by atoms with Gasteiger partial charge in [0.05, 0.1) is 22.8 Å². The molecule has 3 amide bonds. The van der Waals surface area contributed by atoms with Crippen LogP contribution in [0.25, 0.3) is 0 Å². The van der Waals surface area contributed by atoms with Crippen molar-refractivity contribution < 1.29 is 29.3 Å². The van der Waals surface area contributed by atoms with Gasteiger partial charge in [-0.05, 0) is 30.7 Å². The molecule has 0 unspecified atom stereocenters. The molecule has 0 spiro atoms. The molecule has 0 saturated carbocycles. The summed E-state index contributed by atoms with van der Waals surface area (Å²) >= 11 is 5.97. The third-order valence-corrected chi connectivity index (χ3v) is 5.30. The van der Waals surface area contributed by atoms with Crippen molar-refractivity contribution in [2.75, 3.05) is 38.1 Å². The Labute approximate surface area is 212 Å². The number of carbonyl (C=O) groups is 3. The van der Waals surface area contributed by atoms with Gasteiger partial charge < -0.3 is 41.5 Å². The Morgan fingerprint density at radius 2 is 2.00 bits per heavy atom. The van der Waals surface area contributed by atoms with Gasteiger partial charge in [-0.1, -0.05) is 23.7 Å². The van der Waals surface area contributed by atoms with Gasteiger partial charge in [0.15, 0.2) is 5.96 Å². The molecule has 3 rings (SSSR count). The molecule has 1 aliphatic heterocycles. The van der Waals surface area contributed by atoms with Gasteiger partial charge in [0.25, 0.3) is 5.91 Å². The van der Waals surface area contributed by atoms with Crippen LogP contribution in [0.15, 0.2) is 47.5 Å². The zero-order valence-electron chi connectivity index (χ0n) is 19.2. The van der Waals surface area contributed by atoms with Gasteiger partial charge in [-0.3, -0.25) is 9.79 Å². The molecule has 13 heteroatoms. The van der Waals surface area contributed by atoms with Gasteiger partial charge in [0.1, 0.15) is 24.1 Å². The maximum absolute atomic E-state index is 12.5. The van der Waals surface area contributed by atoms with Gasteiger partial charge >= 0.3 is 12.0 Å². The van der Waals surface area contributed by atoms with Crippen LogP contribution in [-0.2, 0) is 4.79 Å². The Morgan fingerprint density at radius 3 is 2.69 bits per heavy atom. The summed E-state index contributed by atoms with van der Waals surface area (Å²) in [5.41, 5.74) is 0.221. The highest BCUT2D eigenvalue weighted by molar-refractivity contribution is 6.33. The number of carbonyl (C=O) groups excluding carboxylic acids is 2. The van der Waals surface area contributed by atoms with Crippen LogP contribution < -0.4 is 31.3 Å². The molecule has 1 heterocycles. The maximum atomic E-state index is 12.5. The summed E-state index contributed by atoms with van der Waals surface area (Å²) in [6.07, 6.45) is 0.993. The minimum absolute atomic E-state index is 0.0779. The molecular formula is C23H27ClN6O6. The lowest BCUT2D eigenvalue weighted by atomic mass is 10.1. The Hall–Kier alpha value is -4.19. The van der Waals surface area contributed by atoms with Crippen molar-refractivity contribution >= 4 is 41.2 Å². The third-order valence-electron chi connectivity index (χ3n) is 4.97. The number of carboxylic acids is 1. The third kappa shape index (κ3) is 7.94. The Kier molecular flexibility index (Phi) is 9.57. The highest BCUT2D eigenvalue weighted by Crippen LogP contribution is 2.23. The lowest BCUT2D eigenvalue weighted by Crippen LogP contribution is -2.49. The number of hydrogen-bond acceptors (Lipinski definition) is 8. The van der Waals surface area contributed by atoms with Gasteiger partial charge in [-0.25, -0.2) is 9.59 Å². The normalized spacial score (nSPS) is 13.4. The Morgan fingerprint density at radius 1 is 1.19 bits per heavy atom. The Balaban J connectivity index is 1.47. The summed E-state index contributed by atoms with van der Waals surface area (Å²) < 4.78 is 5.56. The fraction of sp³-hybridized carbons (Fsp3) is 0.304. The van der Waals surface area contributed by atoms with Crippen molar-refractivity contribution in [3.05, 3.63) is 53.1 Å². The number of phenolic OH excluding ortho intramolecular Hbond substituents is 1. The molecule has 0 saturated heterocycles. The summed E-state index contributed by atoms with van der Waals surface area (Å²) in [5.74, 6) is -1.35. The molecule has 2 aromatic rings. The van der Waals surface area contributed by atoms with E-state index in [9.17, 15) is 24.6 Å². The average Bonchev–Trinajstić information content (AvgIpc) is 2.86. The summed E-state index contributed by atoms with van der Waals surface area (Å²) in [7, 11) is 0. The van der Waals surface area contributed by atoms with Crippen molar-refractivity contribution in [3.8, 4) is 11.5 Å². The summed E-state index contributed by atoms with van der Waals surface area (Å²) in [6.45, 7) is 2.00. The first-order valence-electron chi connectivity index (χ1n) is 11.1. The minimum atomic E-state index is -1.43. The molecule has 0 fully saturated rings.